The van der Waals surface area contributed by atoms with Crippen LogP contribution in [0.1, 0.15) is 40.0 Å². The Kier molecular flexibility index (Phi) is 5.98. The summed E-state index contributed by atoms with van der Waals surface area (Å²) in [5.41, 5.74) is 0. The number of carbonyl (C=O) groups excluding carboxylic acids is 3. The Hall–Kier alpha value is -1.59. The van der Waals surface area contributed by atoms with Gasteiger partial charge in [-0.3, -0.25) is 9.59 Å². The minimum atomic E-state index is -0.549. The van der Waals surface area contributed by atoms with Crippen molar-refractivity contribution in [2.45, 2.75) is 52.1 Å². The zero-order valence-electron chi connectivity index (χ0n) is 12.7. The third kappa shape index (κ3) is 3.49. The van der Waals surface area contributed by atoms with Gasteiger partial charge in [-0.2, -0.15) is 0 Å². The number of methoxy groups -OCH3 is 1. The second kappa shape index (κ2) is 7.26. The van der Waals surface area contributed by atoms with Gasteiger partial charge in [0.1, 0.15) is 6.04 Å². The molecule has 1 aliphatic rings. The zero-order chi connectivity index (χ0) is 15.3. The Morgan fingerprint density at radius 3 is 2.50 bits per heavy atom. The van der Waals surface area contributed by atoms with Crippen molar-refractivity contribution in [1.29, 1.82) is 0 Å². The predicted octanol–water partition coefficient (Wildman–Crippen LogP) is 0.797. The molecule has 0 aromatic heterocycles. The van der Waals surface area contributed by atoms with Gasteiger partial charge in [-0.05, 0) is 27.2 Å². The topological polar surface area (TPSA) is 66.9 Å². The van der Waals surface area contributed by atoms with Crippen LogP contribution in [0.3, 0.4) is 0 Å². The van der Waals surface area contributed by atoms with Crippen LogP contribution in [0.4, 0.5) is 0 Å². The van der Waals surface area contributed by atoms with Crippen LogP contribution in [0.2, 0.25) is 0 Å². The van der Waals surface area contributed by atoms with E-state index in [-0.39, 0.29) is 24.3 Å². The summed E-state index contributed by atoms with van der Waals surface area (Å²) in [6, 6.07) is -0.839. The van der Waals surface area contributed by atoms with Crippen LogP contribution in [-0.4, -0.2) is 59.9 Å². The van der Waals surface area contributed by atoms with Gasteiger partial charge in [0.2, 0.25) is 11.8 Å². The Bertz CT molecular complexity index is 379. The summed E-state index contributed by atoms with van der Waals surface area (Å²) in [5.74, 6) is -0.482. The van der Waals surface area contributed by atoms with Crippen LogP contribution in [0.25, 0.3) is 0 Å². The number of nitrogens with zero attached hydrogens (tertiary/aromatic N) is 2. The average Bonchev–Trinajstić information content (AvgIpc) is 2.81. The number of esters is 1. The summed E-state index contributed by atoms with van der Waals surface area (Å²) < 4.78 is 4.73. The number of carbonyl (C=O) groups is 3. The quantitative estimate of drug-likeness (QED) is 0.677. The zero-order valence-corrected chi connectivity index (χ0v) is 12.7. The molecule has 1 rings (SSSR count). The minimum Gasteiger partial charge on any atom is -0.467 e. The van der Waals surface area contributed by atoms with E-state index >= 15 is 0 Å². The van der Waals surface area contributed by atoms with Crippen LogP contribution in [0, 0.1) is 0 Å². The fourth-order valence-electron chi connectivity index (χ4n) is 2.68. The molecule has 0 spiro atoms. The van der Waals surface area contributed by atoms with Crippen LogP contribution in [-0.2, 0) is 19.1 Å². The highest BCUT2D eigenvalue weighted by atomic mass is 16.5. The fraction of sp³-hybridized carbons (Fsp3) is 0.786. The van der Waals surface area contributed by atoms with Crippen molar-refractivity contribution in [3.63, 3.8) is 0 Å². The number of hydrogen-bond acceptors (Lipinski definition) is 4. The van der Waals surface area contributed by atoms with Crippen LogP contribution in [0.5, 0.6) is 0 Å². The minimum absolute atomic E-state index is 0.00539. The predicted molar refractivity (Wildman–Crippen MR) is 73.9 cm³/mol. The van der Waals surface area contributed by atoms with Gasteiger partial charge in [-0.25, -0.2) is 4.79 Å². The smallest absolute Gasteiger partial charge is 0.328 e. The maximum atomic E-state index is 12.1. The Morgan fingerprint density at radius 1 is 1.40 bits per heavy atom. The van der Waals surface area contributed by atoms with Crippen molar-refractivity contribution in [1.82, 2.24) is 9.80 Å². The number of ether oxygens (including phenoxy) is 1. The van der Waals surface area contributed by atoms with Crippen LogP contribution >= 0.6 is 0 Å². The molecule has 2 unspecified atom stereocenters. The van der Waals surface area contributed by atoms with E-state index in [0.29, 0.717) is 25.9 Å². The molecule has 2 amide bonds. The standard InChI is InChI=1S/C14H24N2O4/c1-5-15(6-2)13(18)9-10(3)16-11(14(19)20-4)7-8-12(16)17/h10-11H,5-9H2,1-4H3. The molecule has 1 saturated heterocycles. The second-order valence-corrected chi connectivity index (χ2v) is 5.00. The molecule has 6 nitrogen and oxygen atoms in total. The molecule has 2 atom stereocenters. The van der Waals surface area contributed by atoms with Gasteiger partial charge in [0.15, 0.2) is 0 Å². The van der Waals surface area contributed by atoms with E-state index in [2.05, 4.69) is 0 Å². The number of likely N-dealkylation sites (tertiary alicyclic amines) is 1. The van der Waals surface area contributed by atoms with E-state index in [0.717, 1.165) is 0 Å². The van der Waals surface area contributed by atoms with E-state index in [1.54, 1.807) is 11.8 Å². The Morgan fingerprint density at radius 2 is 2.00 bits per heavy atom. The van der Waals surface area contributed by atoms with Gasteiger partial charge in [0.25, 0.3) is 0 Å². The SMILES string of the molecule is CCN(CC)C(=O)CC(C)N1C(=O)CCC1C(=O)OC. The van der Waals surface area contributed by atoms with E-state index in [9.17, 15) is 14.4 Å². The molecule has 0 saturated carbocycles. The molecule has 1 fully saturated rings. The van der Waals surface area contributed by atoms with Crippen LogP contribution in [0.15, 0.2) is 0 Å². The van der Waals surface area contributed by atoms with E-state index in [1.165, 1.54) is 12.0 Å². The molecule has 6 heteroatoms. The van der Waals surface area contributed by atoms with Gasteiger partial charge in [-0.1, -0.05) is 0 Å². The third-order valence-corrected chi connectivity index (χ3v) is 3.79. The van der Waals surface area contributed by atoms with Crippen molar-refractivity contribution in [3.8, 4) is 0 Å². The molecule has 20 heavy (non-hydrogen) atoms. The van der Waals surface area contributed by atoms with Crippen LogP contribution < -0.4 is 0 Å². The highest BCUT2D eigenvalue weighted by Crippen LogP contribution is 2.24. The highest BCUT2D eigenvalue weighted by Gasteiger charge is 2.40. The lowest BCUT2D eigenvalue weighted by Crippen LogP contribution is -2.47. The largest absolute Gasteiger partial charge is 0.467 e. The first-order valence-electron chi connectivity index (χ1n) is 7.12. The van der Waals surface area contributed by atoms with Gasteiger partial charge < -0.3 is 14.5 Å². The van der Waals surface area contributed by atoms with Gasteiger partial charge in [0, 0.05) is 32.0 Å². The monoisotopic (exact) mass is 284 g/mol. The lowest BCUT2D eigenvalue weighted by atomic mass is 10.1. The average molecular weight is 284 g/mol. The first-order valence-corrected chi connectivity index (χ1v) is 7.12. The molecule has 0 radical (unpaired) electrons. The maximum Gasteiger partial charge on any atom is 0.328 e. The van der Waals surface area contributed by atoms with Crippen molar-refractivity contribution in [2.24, 2.45) is 0 Å². The molecule has 0 aromatic rings. The van der Waals surface area contributed by atoms with E-state index in [1.807, 2.05) is 13.8 Å². The van der Waals surface area contributed by atoms with Crippen molar-refractivity contribution < 1.29 is 19.1 Å². The molecule has 1 heterocycles. The molecule has 114 valence electrons. The summed E-state index contributed by atoms with van der Waals surface area (Å²) in [6.45, 7) is 6.95. The summed E-state index contributed by atoms with van der Waals surface area (Å²) >= 11 is 0. The van der Waals surface area contributed by atoms with Gasteiger partial charge in [-0.15, -0.1) is 0 Å². The van der Waals surface area contributed by atoms with E-state index in [4.69, 9.17) is 4.74 Å². The molecule has 0 bridgehead atoms. The molecular weight excluding hydrogens is 260 g/mol. The molecule has 1 aliphatic heterocycles. The number of rotatable bonds is 6. The molecular formula is C14H24N2O4. The van der Waals surface area contributed by atoms with Gasteiger partial charge in [0.05, 0.1) is 7.11 Å². The fourth-order valence-corrected chi connectivity index (χ4v) is 2.68. The lowest BCUT2D eigenvalue weighted by molar-refractivity contribution is -0.151. The summed E-state index contributed by atoms with van der Waals surface area (Å²) in [6.07, 6.45) is 1.04. The van der Waals surface area contributed by atoms with Gasteiger partial charge >= 0.3 is 5.97 Å². The Labute approximate surface area is 120 Å². The van der Waals surface area contributed by atoms with Crippen molar-refractivity contribution in [2.75, 3.05) is 20.2 Å². The normalized spacial score (nSPS) is 19.9. The number of hydrogen-bond donors (Lipinski definition) is 0. The summed E-state index contributed by atoms with van der Waals surface area (Å²) in [7, 11) is 1.31. The number of amides is 2. The highest BCUT2D eigenvalue weighted by molar-refractivity contribution is 5.89. The van der Waals surface area contributed by atoms with Crippen molar-refractivity contribution in [3.05, 3.63) is 0 Å². The second-order valence-electron chi connectivity index (χ2n) is 5.00. The third-order valence-electron chi connectivity index (χ3n) is 3.79. The Balaban J connectivity index is 2.73. The maximum absolute atomic E-state index is 12.1. The first-order chi connectivity index (χ1) is 9.46. The molecule has 0 N–H and O–H groups in total. The first kappa shape index (κ1) is 16.5. The van der Waals surface area contributed by atoms with Crippen molar-refractivity contribution >= 4 is 17.8 Å². The summed E-state index contributed by atoms with van der Waals surface area (Å²) in [4.78, 5) is 39.0. The van der Waals surface area contributed by atoms with E-state index < -0.39 is 12.0 Å². The lowest BCUT2D eigenvalue weighted by Gasteiger charge is -2.30. The molecule has 0 aliphatic carbocycles. The molecule has 0 aromatic carbocycles. The summed E-state index contributed by atoms with van der Waals surface area (Å²) in [5, 5.41) is 0.